The first kappa shape index (κ1) is 15.1. The zero-order chi connectivity index (χ0) is 14.4. The fraction of sp³-hybridized carbons (Fsp3) is 0.533. The van der Waals surface area contributed by atoms with Crippen molar-refractivity contribution >= 4 is 17.5 Å². The van der Waals surface area contributed by atoms with E-state index in [0.717, 1.165) is 25.2 Å². The molecule has 5 heteroatoms. The lowest BCUT2D eigenvalue weighted by molar-refractivity contribution is -0.122. The third-order valence-electron chi connectivity index (χ3n) is 3.36. The molecule has 0 spiro atoms. The Bertz CT molecular complexity index is 459. The summed E-state index contributed by atoms with van der Waals surface area (Å²) >= 11 is 6.28. The molecule has 1 amide bonds. The highest BCUT2D eigenvalue weighted by atomic mass is 35.5. The van der Waals surface area contributed by atoms with E-state index in [0.29, 0.717) is 17.3 Å². The minimum absolute atomic E-state index is 0.0235. The fourth-order valence-electron chi connectivity index (χ4n) is 2.32. The Balaban J connectivity index is 1.89. The normalized spacial score (nSPS) is 15.3. The summed E-state index contributed by atoms with van der Waals surface area (Å²) in [6.07, 6.45) is 2.54. The molecule has 1 aromatic rings. The molecule has 1 saturated heterocycles. The number of likely N-dealkylation sites (tertiary alicyclic amines) is 1. The number of nitrogens with zero attached hydrogens (tertiary/aromatic N) is 1. The molecule has 0 aliphatic carbocycles. The maximum absolute atomic E-state index is 11.3. The number of carbonyl (C=O) groups is 1. The summed E-state index contributed by atoms with van der Waals surface area (Å²) in [6.45, 7) is 5.68. The molecular formula is C15H21ClN2O2. The van der Waals surface area contributed by atoms with E-state index in [-0.39, 0.29) is 12.5 Å². The van der Waals surface area contributed by atoms with E-state index in [4.69, 9.17) is 16.3 Å². The van der Waals surface area contributed by atoms with Crippen molar-refractivity contribution in [1.82, 2.24) is 10.2 Å². The SMILES string of the molecule is CCNC(=O)COc1ccc(CN2CCCC2)c(Cl)c1. The van der Waals surface area contributed by atoms with Gasteiger partial charge in [0.25, 0.3) is 5.91 Å². The van der Waals surface area contributed by atoms with E-state index >= 15 is 0 Å². The molecule has 0 aromatic heterocycles. The van der Waals surface area contributed by atoms with E-state index in [9.17, 15) is 4.79 Å². The monoisotopic (exact) mass is 296 g/mol. The van der Waals surface area contributed by atoms with Crippen LogP contribution in [0.2, 0.25) is 5.02 Å². The Labute approximate surface area is 125 Å². The van der Waals surface area contributed by atoms with Gasteiger partial charge in [0.1, 0.15) is 5.75 Å². The van der Waals surface area contributed by atoms with Crippen molar-refractivity contribution in [2.24, 2.45) is 0 Å². The highest BCUT2D eigenvalue weighted by Crippen LogP contribution is 2.25. The Morgan fingerprint density at radius 2 is 2.15 bits per heavy atom. The molecule has 0 saturated carbocycles. The second-order valence-corrected chi connectivity index (χ2v) is 5.39. The van der Waals surface area contributed by atoms with Crippen molar-refractivity contribution in [2.75, 3.05) is 26.2 Å². The highest BCUT2D eigenvalue weighted by Gasteiger charge is 2.13. The van der Waals surface area contributed by atoms with Gasteiger partial charge in [0, 0.05) is 18.1 Å². The minimum atomic E-state index is -0.121. The molecule has 2 rings (SSSR count). The van der Waals surface area contributed by atoms with E-state index in [1.807, 2.05) is 19.1 Å². The van der Waals surface area contributed by atoms with Crippen LogP contribution in [0.4, 0.5) is 0 Å². The van der Waals surface area contributed by atoms with Gasteiger partial charge in [-0.3, -0.25) is 9.69 Å². The number of ether oxygens (including phenoxy) is 1. The van der Waals surface area contributed by atoms with Gasteiger partial charge in [-0.1, -0.05) is 17.7 Å². The molecule has 110 valence electrons. The third-order valence-corrected chi connectivity index (χ3v) is 3.71. The molecule has 1 fully saturated rings. The van der Waals surface area contributed by atoms with E-state index in [1.54, 1.807) is 6.07 Å². The molecule has 1 aliphatic rings. The third kappa shape index (κ3) is 4.39. The molecule has 1 aromatic carbocycles. The lowest BCUT2D eigenvalue weighted by Crippen LogP contribution is -2.28. The van der Waals surface area contributed by atoms with Crippen molar-refractivity contribution in [3.8, 4) is 5.75 Å². The van der Waals surface area contributed by atoms with Crippen LogP contribution in [0.5, 0.6) is 5.75 Å². The lowest BCUT2D eigenvalue weighted by atomic mass is 10.2. The molecule has 4 nitrogen and oxygen atoms in total. The summed E-state index contributed by atoms with van der Waals surface area (Å²) in [5.41, 5.74) is 1.11. The predicted octanol–water partition coefficient (Wildman–Crippen LogP) is 2.45. The van der Waals surface area contributed by atoms with Crippen LogP contribution in [0.3, 0.4) is 0 Å². The van der Waals surface area contributed by atoms with Gasteiger partial charge in [-0.05, 0) is 50.6 Å². The molecule has 0 unspecified atom stereocenters. The van der Waals surface area contributed by atoms with Crippen LogP contribution >= 0.6 is 11.6 Å². The lowest BCUT2D eigenvalue weighted by Gasteiger charge is -2.16. The van der Waals surface area contributed by atoms with Gasteiger partial charge in [-0.25, -0.2) is 0 Å². The van der Waals surface area contributed by atoms with Crippen molar-refractivity contribution in [2.45, 2.75) is 26.3 Å². The standard InChI is InChI=1S/C15H21ClN2O2/c1-2-17-15(19)11-20-13-6-5-12(14(16)9-13)10-18-7-3-4-8-18/h5-6,9H,2-4,7-8,10-11H2,1H3,(H,17,19). The second kappa shape index (κ2) is 7.50. The maximum atomic E-state index is 11.3. The Kier molecular flexibility index (Phi) is 5.68. The number of benzene rings is 1. The van der Waals surface area contributed by atoms with Gasteiger partial charge in [0.2, 0.25) is 0 Å². The molecule has 0 bridgehead atoms. The Morgan fingerprint density at radius 1 is 1.40 bits per heavy atom. The van der Waals surface area contributed by atoms with E-state index < -0.39 is 0 Å². The quantitative estimate of drug-likeness (QED) is 0.877. The van der Waals surface area contributed by atoms with Crippen molar-refractivity contribution in [1.29, 1.82) is 0 Å². The number of hydrogen-bond donors (Lipinski definition) is 1. The van der Waals surface area contributed by atoms with E-state index in [2.05, 4.69) is 10.2 Å². The van der Waals surface area contributed by atoms with Crippen molar-refractivity contribution in [3.63, 3.8) is 0 Å². The first-order valence-electron chi connectivity index (χ1n) is 7.09. The van der Waals surface area contributed by atoms with Crippen molar-refractivity contribution in [3.05, 3.63) is 28.8 Å². The van der Waals surface area contributed by atoms with Gasteiger partial charge in [-0.2, -0.15) is 0 Å². The molecule has 1 aliphatic heterocycles. The summed E-state index contributed by atoms with van der Waals surface area (Å²) in [7, 11) is 0. The summed E-state index contributed by atoms with van der Waals surface area (Å²) in [6, 6.07) is 5.64. The van der Waals surface area contributed by atoms with Gasteiger partial charge in [0.05, 0.1) is 0 Å². The first-order chi connectivity index (χ1) is 9.69. The summed E-state index contributed by atoms with van der Waals surface area (Å²) in [5, 5.41) is 3.39. The number of likely N-dealkylation sites (N-methyl/N-ethyl adjacent to an activating group) is 1. The van der Waals surface area contributed by atoms with Crippen LogP contribution in [0.15, 0.2) is 18.2 Å². The number of carbonyl (C=O) groups excluding carboxylic acids is 1. The van der Waals surface area contributed by atoms with Gasteiger partial charge < -0.3 is 10.1 Å². The number of amides is 1. The van der Waals surface area contributed by atoms with Gasteiger partial charge in [0.15, 0.2) is 6.61 Å². The van der Waals surface area contributed by atoms with Crippen LogP contribution in [0.25, 0.3) is 0 Å². The van der Waals surface area contributed by atoms with Crippen LogP contribution in [0, 0.1) is 0 Å². The summed E-state index contributed by atoms with van der Waals surface area (Å²) in [5.74, 6) is 0.510. The van der Waals surface area contributed by atoms with Crippen molar-refractivity contribution < 1.29 is 9.53 Å². The van der Waals surface area contributed by atoms with Crippen LogP contribution in [-0.2, 0) is 11.3 Å². The van der Waals surface area contributed by atoms with Crippen LogP contribution in [0.1, 0.15) is 25.3 Å². The smallest absolute Gasteiger partial charge is 0.257 e. The molecule has 20 heavy (non-hydrogen) atoms. The zero-order valence-corrected chi connectivity index (χ0v) is 12.6. The molecule has 0 atom stereocenters. The molecular weight excluding hydrogens is 276 g/mol. The molecule has 1 heterocycles. The van der Waals surface area contributed by atoms with E-state index in [1.165, 1.54) is 12.8 Å². The predicted molar refractivity (Wildman–Crippen MR) is 80.1 cm³/mol. The zero-order valence-electron chi connectivity index (χ0n) is 11.8. The van der Waals surface area contributed by atoms with Crippen LogP contribution < -0.4 is 10.1 Å². The fourth-order valence-corrected chi connectivity index (χ4v) is 2.56. The summed E-state index contributed by atoms with van der Waals surface area (Å²) < 4.78 is 5.42. The largest absolute Gasteiger partial charge is 0.484 e. The average Bonchev–Trinajstić information content (AvgIpc) is 2.92. The molecule has 0 radical (unpaired) electrons. The first-order valence-corrected chi connectivity index (χ1v) is 7.47. The van der Waals surface area contributed by atoms with Crippen LogP contribution in [-0.4, -0.2) is 37.0 Å². The Morgan fingerprint density at radius 3 is 2.80 bits per heavy atom. The number of halogens is 1. The number of nitrogens with one attached hydrogen (secondary N) is 1. The van der Waals surface area contributed by atoms with Gasteiger partial charge >= 0.3 is 0 Å². The van der Waals surface area contributed by atoms with Gasteiger partial charge in [-0.15, -0.1) is 0 Å². The maximum Gasteiger partial charge on any atom is 0.257 e. The number of hydrogen-bond acceptors (Lipinski definition) is 3. The highest BCUT2D eigenvalue weighted by molar-refractivity contribution is 6.31. The number of rotatable bonds is 6. The molecule has 1 N–H and O–H groups in total. The topological polar surface area (TPSA) is 41.6 Å². The second-order valence-electron chi connectivity index (χ2n) is 4.98. The minimum Gasteiger partial charge on any atom is -0.484 e. The summed E-state index contributed by atoms with van der Waals surface area (Å²) in [4.78, 5) is 13.7. The Hall–Kier alpha value is -1.26. The average molecular weight is 297 g/mol.